The monoisotopic (exact) mass is 427 g/mol. The second kappa shape index (κ2) is 9.52. The minimum atomic E-state index is -0.833. The molecule has 4 N–H and O–H groups in total. The summed E-state index contributed by atoms with van der Waals surface area (Å²) in [7, 11) is 0. The van der Waals surface area contributed by atoms with E-state index in [1.165, 1.54) is 15.0 Å². The Bertz CT molecular complexity index is 1240. The van der Waals surface area contributed by atoms with Gasteiger partial charge in [0.15, 0.2) is 0 Å². The van der Waals surface area contributed by atoms with Crippen LogP contribution in [0.2, 0.25) is 0 Å². The highest BCUT2D eigenvalue weighted by Gasteiger charge is 2.21. The van der Waals surface area contributed by atoms with E-state index in [1.807, 2.05) is 0 Å². The average Bonchev–Trinajstić information content (AvgIpc) is 3.23. The normalized spacial score (nSPS) is 13.7. The summed E-state index contributed by atoms with van der Waals surface area (Å²) in [6, 6.07) is 6.76. The van der Waals surface area contributed by atoms with Crippen molar-refractivity contribution in [3.05, 3.63) is 51.9 Å². The van der Waals surface area contributed by atoms with E-state index in [0.29, 0.717) is 11.3 Å². The number of pyridine rings is 2. The Labute approximate surface area is 177 Å². The third-order valence-electron chi connectivity index (χ3n) is 5.08. The van der Waals surface area contributed by atoms with E-state index < -0.39 is 5.97 Å². The Hall–Kier alpha value is -3.53. The summed E-state index contributed by atoms with van der Waals surface area (Å²) in [5.74, 6) is -1.20. The Kier molecular flexibility index (Phi) is 6.81. The zero-order valence-electron chi connectivity index (χ0n) is 17.2. The van der Waals surface area contributed by atoms with Crippen LogP contribution in [0.15, 0.2) is 35.3 Å². The Balaban J connectivity index is 0.000000628. The first kappa shape index (κ1) is 22.2. The van der Waals surface area contributed by atoms with Crippen LogP contribution in [0.3, 0.4) is 0 Å². The van der Waals surface area contributed by atoms with Gasteiger partial charge in [0, 0.05) is 25.7 Å². The minimum Gasteiger partial charge on any atom is -0.481 e. The van der Waals surface area contributed by atoms with Gasteiger partial charge in [-0.1, -0.05) is 18.9 Å². The number of hydrogen-bond donors (Lipinski definition) is 4. The fourth-order valence-corrected chi connectivity index (χ4v) is 3.71. The first-order valence-corrected chi connectivity index (χ1v) is 10.0. The fourth-order valence-electron chi connectivity index (χ4n) is 3.71. The highest BCUT2D eigenvalue weighted by atomic mass is 16.4. The number of carboxylic acids is 1. The number of carbonyl (C=O) groups excluding carboxylic acids is 1. The number of hydrogen-bond acceptors (Lipinski definition) is 6. The summed E-state index contributed by atoms with van der Waals surface area (Å²) < 4.78 is 2.83. The molecule has 10 heteroatoms. The van der Waals surface area contributed by atoms with Gasteiger partial charge in [-0.25, -0.2) is 4.98 Å². The molecule has 164 valence electrons. The minimum absolute atomic E-state index is 0.0563. The van der Waals surface area contributed by atoms with Gasteiger partial charge >= 0.3 is 0 Å². The van der Waals surface area contributed by atoms with E-state index in [0.717, 1.165) is 32.6 Å². The summed E-state index contributed by atoms with van der Waals surface area (Å²) in [5, 5.41) is 28.5. The largest absolute Gasteiger partial charge is 0.481 e. The van der Waals surface area contributed by atoms with Crippen LogP contribution in [0.25, 0.3) is 16.7 Å². The molecule has 3 heterocycles. The van der Waals surface area contributed by atoms with Crippen LogP contribution in [0.4, 0.5) is 0 Å². The lowest BCUT2D eigenvalue weighted by atomic mass is 10.1. The van der Waals surface area contributed by atoms with Gasteiger partial charge in [0.25, 0.3) is 17.4 Å². The molecule has 0 aliphatic heterocycles. The average molecular weight is 427 g/mol. The first-order valence-electron chi connectivity index (χ1n) is 10.0. The van der Waals surface area contributed by atoms with Crippen molar-refractivity contribution in [3.63, 3.8) is 0 Å². The van der Waals surface area contributed by atoms with Gasteiger partial charge in [0.1, 0.15) is 16.8 Å². The molecule has 1 amide bonds. The standard InChI is InChI=1S/C19H21N5O3.C2H4O2/c20-16-13(18(26)21-12-5-1-2-6-12)11-14-17(24(16)9-10-25)22-15-7-3-4-8-23(15)19(14)27;1-2(3)4/h3-4,7-8,11-12,20,25H,1-2,5-6,9-10H2,(H,21,26);1H3,(H,3,4). The van der Waals surface area contributed by atoms with Gasteiger partial charge in [-0.2, -0.15) is 0 Å². The zero-order chi connectivity index (χ0) is 22.5. The van der Waals surface area contributed by atoms with Gasteiger partial charge in [-0.05, 0) is 31.0 Å². The van der Waals surface area contributed by atoms with E-state index in [1.54, 1.807) is 24.4 Å². The van der Waals surface area contributed by atoms with E-state index >= 15 is 0 Å². The molecular formula is C21H25N5O5. The third kappa shape index (κ3) is 4.80. The lowest BCUT2D eigenvalue weighted by molar-refractivity contribution is -0.134. The number of amides is 1. The van der Waals surface area contributed by atoms with E-state index in [9.17, 15) is 14.7 Å². The number of carbonyl (C=O) groups is 2. The van der Waals surface area contributed by atoms with E-state index in [2.05, 4.69) is 10.3 Å². The predicted molar refractivity (Wildman–Crippen MR) is 113 cm³/mol. The molecule has 0 aromatic carbocycles. The van der Waals surface area contributed by atoms with Gasteiger partial charge in [0.2, 0.25) is 0 Å². The summed E-state index contributed by atoms with van der Waals surface area (Å²) >= 11 is 0. The zero-order valence-corrected chi connectivity index (χ0v) is 17.2. The fraction of sp³-hybridized carbons (Fsp3) is 0.381. The quantitative estimate of drug-likeness (QED) is 0.454. The number of aliphatic hydroxyl groups is 1. The lowest BCUT2D eigenvalue weighted by Crippen LogP contribution is -2.39. The van der Waals surface area contributed by atoms with E-state index in [4.69, 9.17) is 15.3 Å². The molecule has 1 aliphatic carbocycles. The molecule has 1 fully saturated rings. The van der Waals surface area contributed by atoms with Gasteiger partial charge in [-0.3, -0.25) is 24.2 Å². The topological polar surface area (TPSA) is 150 Å². The van der Waals surface area contributed by atoms with Crippen LogP contribution in [0.1, 0.15) is 43.0 Å². The molecule has 0 unspecified atom stereocenters. The number of carboxylic acid groups (broad SMARTS) is 1. The molecule has 1 aliphatic rings. The molecule has 0 saturated heterocycles. The van der Waals surface area contributed by atoms with Gasteiger partial charge in [0.05, 0.1) is 17.6 Å². The smallest absolute Gasteiger partial charge is 0.300 e. The Morgan fingerprint density at radius 1 is 1.29 bits per heavy atom. The van der Waals surface area contributed by atoms with Crippen molar-refractivity contribution in [1.29, 1.82) is 5.41 Å². The molecule has 3 aromatic rings. The van der Waals surface area contributed by atoms with Gasteiger partial charge < -0.3 is 20.1 Å². The maximum Gasteiger partial charge on any atom is 0.300 e. The number of nitrogens with zero attached hydrogens (tertiary/aromatic N) is 3. The molecule has 0 bridgehead atoms. The molecule has 3 aromatic heterocycles. The number of aliphatic hydroxyl groups excluding tert-OH is 1. The van der Waals surface area contributed by atoms with Crippen molar-refractivity contribution >= 4 is 28.6 Å². The number of rotatable bonds is 4. The maximum atomic E-state index is 12.9. The van der Waals surface area contributed by atoms with Crippen LogP contribution in [-0.4, -0.2) is 48.7 Å². The highest BCUT2D eigenvalue weighted by molar-refractivity contribution is 5.97. The van der Waals surface area contributed by atoms with Crippen molar-refractivity contribution in [3.8, 4) is 0 Å². The molecule has 10 nitrogen and oxygen atoms in total. The molecule has 4 rings (SSSR count). The second-order valence-electron chi connectivity index (χ2n) is 7.34. The number of nitrogens with one attached hydrogen (secondary N) is 2. The molecule has 0 spiro atoms. The number of aromatic nitrogens is 3. The predicted octanol–water partition coefficient (Wildman–Crippen LogP) is 0.884. The Morgan fingerprint density at radius 3 is 2.61 bits per heavy atom. The maximum absolute atomic E-state index is 12.9. The molecule has 0 atom stereocenters. The summed E-state index contributed by atoms with van der Waals surface area (Å²) in [6.45, 7) is 0.935. The number of fused-ring (bicyclic) bond motifs is 2. The molecule has 1 saturated carbocycles. The Morgan fingerprint density at radius 2 is 1.97 bits per heavy atom. The molecule has 0 radical (unpaired) electrons. The number of aliphatic carboxylic acids is 1. The van der Waals surface area contributed by atoms with Crippen molar-refractivity contribution in [1.82, 2.24) is 19.3 Å². The van der Waals surface area contributed by atoms with Crippen LogP contribution < -0.4 is 16.4 Å². The van der Waals surface area contributed by atoms with Crippen molar-refractivity contribution in [2.24, 2.45) is 0 Å². The second-order valence-corrected chi connectivity index (χ2v) is 7.34. The molecule has 31 heavy (non-hydrogen) atoms. The summed E-state index contributed by atoms with van der Waals surface area (Å²) in [4.78, 5) is 39.2. The van der Waals surface area contributed by atoms with Crippen molar-refractivity contribution < 1.29 is 19.8 Å². The van der Waals surface area contributed by atoms with Crippen LogP contribution in [-0.2, 0) is 11.3 Å². The SMILES string of the molecule is CC(=O)O.N=c1c(C(=O)NC2CCCC2)cc2c(=O)n3ccccc3nc2n1CCO. The van der Waals surface area contributed by atoms with E-state index in [-0.39, 0.29) is 47.1 Å². The van der Waals surface area contributed by atoms with Crippen LogP contribution in [0, 0.1) is 5.41 Å². The first-order chi connectivity index (χ1) is 14.8. The van der Waals surface area contributed by atoms with Crippen molar-refractivity contribution in [2.75, 3.05) is 6.61 Å². The lowest BCUT2D eigenvalue weighted by Gasteiger charge is -2.16. The van der Waals surface area contributed by atoms with Crippen LogP contribution in [0.5, 0.6) is 0 Å². The van der Waals surface area contributed by atoms with Crippen LogP contribution >= 0.6 is 0 Å². The molecular weight excluding hydrogens is 402 g/mol. The van der Waals surface area contributed by atoms with Gasteiger partial charge in [-0.15, -0.1) is 0 Å². The van der Waals surface area contributed by atoms with Crippen molar-refractivity contribution in [2.45, 2.75) is 45.2 Å². The summed E-state index contributed by atoms with van der Waals surface area (Å²) in [6.07, 6.45) is 5.64. The highest BCUT2D eigenvalue weighted by Crippen LogP contribution is 2.18. The summed E-state index contributed by atoms with van der Waals surface area (Å²) in [5.41, 5.74) is 0.501. The third-order valence-corrected chi connectivity index (χ3v) is 5.08.